The van der Waals surface area contributed by atoms with Gasteiger partial charge in [0.2, 0.25) is 0 Å². The van der Waals surface area contributed by atoms with Crippen LogP contribution >= 0.6 is 0 Å². The molecule has 0 aliphatic carbocycles. The second-order valence-corrected chi connectivity index (χ2v) is 7.93. The van der Waals surface area contributed by atoms with E-state index in [1.54, 1.807) is 6.08 Å². The first kappa shape index (κ1) is 14.6. The van der Waals surface area contributed by atoms with Crippen molar-refractivity contribution in [3.05, 3.63) is 35.7 Å². The third-order valence-electron chi connectivity index (χ3n) is 4.10. The molecular formula is C14H14F3NO2S. The molecule has 0 spiro atoms. The van der Waals surface area contributed by atoms with Gasteiger partial charge in [0.15, 0.2) is 9.84 Å². The number of halogens is 3. The summed E-state index contributed by atoms with van der Waals surface area (Å²) in [6, 6.07) is 3.74. The van der Waals surface area contributed by atoms with E-state index in [2.05, 4.69) is 4.98 Å². The molecule has 1 aromatic rings. The van der Waals surface area contributed by atoms with Crippen molar-refractivity contribution in [2.24, 2.45) is 0 Å². The zero-order valence-electron chi connectivity index (χ0n) is 11.1. The molecule has 1 fully saturated rings. The Morgan fingerprint density at radius 1 is 1.19 bits per heavy atom. The van der Waals surface area contributed by atoms with Crippen molar-refractivity contribution in [3.63, 3.8) is 0 Å². The van der Waals surface area contributed by atoms with E-state index in [1.165, 1.54) is 12.1 Å². The lowest BCUT2D eigenvalue weighted by atomic mass is 9.96. The fourth-order valence-electron chi connectivity index (χ4n) is 3.02. The van der Waals surface area contributed by atoms with Gasteiger partial charge in [0.05, 0.1) is 16.2 Å². The predicted octanol–water partition coefficient (Wildman–Crippen LogP) is 3.22. The van der Waals surface area contributed by atoms with Gasteiger partial charge in [-0.1, -0.05) is 18.6 Å². The van der Waals surface area contributed by atoms with E-state index in [4.69, 9.17) is 0 Å². The van der Waals surface area contributed by atoms with Crippen LogP contribution in [0.5, 0.6) is 0 Å². The van der Waals surface area contributed by atoms with Gasteiger partial charge in [0.1, 0.15) is 5.69 Å². The van der Waals surface area contributed by atoms with Crippen LogP contribution in [0.3, 0.4) is 0 Å². The smallest absolute Gasteiger partial charge is 0.244 e. The second-order valence-electron chi connectivity index (χ2n) is 5.48. The molecule has 2 aliphatic heterocycles. The number of nitrogens with zero attached hydrogens (tertiary/aromatic N) is 1. The maximum Gasteiger partial charge on any atom is 0.433 e. The first-order valence-electron chi connectivity index (χ1n) is 6.76. The van der Waals surface area contributed by atoms with Gasteiger partial charge in [-0.15, -0.1) is 0 Å². The summed E-state index contributed by atoms with van der Waals surface area (Å²) in [5.41, 5.74) is -0.0956. The van der Waals surface area contributed by atoms with E-state index in [9.17, 15) is 21.6 Å². The van der Waals surface area contributed by atoms with Crippen LogP contribution < -0.4 is 0 Å². The Bertz CT molecular complexity index is 694. The third-order valence-corrected chi connectivity index (χ3v) is 6.65. The number of alkyl halides is 3. The van der Waals surface area contributed by atoms with Crippen LogP contribution in [0.15, 0.2) is 24.3 Å². The molecule has 3 nitrogen and oxygen atoms in total. The first-order valence-corrected chi connectivity index (χ1v) is 8.37. The summed E-state index contributed by atoms with van der Waals surface area (Å²) in [4.78, 5) is 3.65. The molecule has 3 rings (SSSR count). The fraction of sp³-hybridized carbons (Fsp3) is 0.500. The van der Waals surface area contributed by atoms with Crippen LogP contribution in [0, 0.1) is 0 Å². The Hall–Kier alpha value is -1.37. The molecule has 0 amide bonds. The number of hydrogen-bond donors (Lipinski definition) is 0. The number of allylic oxidation sites excluding steroid dienone is 1. The summed E-state index contributed by atoms with van der Waals surface area (Å²) >= 11 is 0. The molecule has 1 saturated heterocycles. The highest BCUT2D eigenvalue weighted by Gasteiger charge is 2.41. The van der Waals surface area contributed by atoms with Crippen LogP contribution in [0.4, 0.5) is 13.2 Å². The molecule has 0 aromatic carbocycles. The monoisotopic (exact) mass is 317 g/mol. The zero-order chi connectivity index (χ0) is 15.3. The number of rotatable bonds is 1. The summed E-state index contributed by atoms with van der Waals surface area (Å²) in [5, 5.41) is -1.05. The van der Waals surface area contributed by atoms with Gasteiger partial charge in [0.25, 0.3) is 0 Å². The zero-order valence-corrected chi connectivity index (χ0v) is 11.9. The maximum atomic E-state index is 12.7. The average Bonchev–Trinajstić information content (AvgIpc) is 2.36. The van der Waals surface area contributed by atoms with Crippen LogP contribution in [0.2, 0.25) is 0 Å². The van der Waals surface area contributed by atoms with Crippen molar-refractivity contribution in [1.82, 2.24) is 4.98 Å². The lowest BCUT2D eigenvalue weighted by molar-refractivity contribution is -0.141. The van der Waals surface area contributed by atoms with Crippen LogP contribution in [-0.2, 0) is 16.0 Å². The van der Waals surface area contributed by atoms with Gasteiger partial charge >= 0.3 is 6.18 Å². The van der Waals surface area contributed by atoms with E-state index in [0.717, 1.165) is 12.5 Å². The summed E-state index contributed by atoms with van der Waals surface area (Å²) in [7, 11) is -3.17. The number of sulfone groups is 1. The van der Waals surface area contributed by atoms with Crippen LogP contribution in [-0.4, -0.2) is 23.9 Å². The van der Waals surface area contributed by atoms with Crippen molar-refractivity contribution < 1.29 is 21.6 Å². The highest BCUT2D eigenvalue weighted by molar-refractivity contribution is 7.93. The minimum Gasteiger partial charge on any atom is -0.244 e. The minimum atomic E-state index is -4.49. The molecule has 2 atom stereocenters. The van der Waals surface area contributed by atoms with Crippen molar-refractivity contribution in [3.8, 4) is 0 Å². The van der Waals surface area contributed by atoms with Gasteiger partial charge in [-0.05, 0) is 37.0 Å². The molecule has 0 saturated carbocycles. The number of hydrogen-bond acceptors (Lipinski definition) is 3. The quantitative estimate of drug-likeness (QED) is 0.799. The number of aromatic nitrogens is 1. The maximum absolute atomic E-state index is 12.7. The highest BCUT2D eigenvalue weighted by atomic mass is 32.2. The molecule has 2 bridgehead atoms. The Balaban J connectivity index is 2.01. The predicted molar refractivity (Wildman–Crippen MR) is 72.2 cm³/mol. The van der Waals surface area contributed by atoms with Crippen molar-refractivity contribution in [2.45, 2.75) is 42.4 Å². The minimum absolute atomic E-state index is 0.233. The summed E-state index contributed by atoms with van der Waals surface area (Å²) in [6.45, 7) is 0. The van der Waals surface area contributed by atoms with Crippen molar-refractivity contribution in [2.75, 3.05) is 0 Å². The van der Waals surface area contributed by atoms with Gasteiger partial charge in [-0.2, -0.15) is 13.2 Å². The second kappa shape index (κ2) is 4.83. The first-order chi connectivity index (χ1) is 9.78. The largest absolute Gasteiger partial charge is 0.433 e. The standard InChI is InChI=1S/C14H14F3NO2S/c15-14(16,17)13-6-2-5-12(18-13)9-7-10-3-1-4-11(8-9)21(10,19)20/h2,5-7,10-11H,1,3-4,8H2. The Kier molecular flexibility index (Phi) is 3.35. The molecule has 0 radical (unpaired) electrons. The molecule has 1 aromatic heterocycles. The fourth-order valence-corrected chi connectivity index (χ4v) is 5.27. The molecular weight excluding hydrogens is 303 g/mol. The molecule has 7 heteroatoms. The molecule has 0 N–H and O–H groups in total. The van der Waals surface area contributed by atoms with Crippen molar-refractivity contribution >= 4 is 15.4 Å². The van der Waals surface area contributed by atoms with Gasteiger partial charge < -0.3 is 0 Å². The van der Waals surface area contributed by atoms with Crippen LogP contribution in [0.25, 0.3) is 5.57 Å². The number of fused-ring (bicyclic) bond motifs is 2. The van der Waals surface area contributed by atoms with Gasteiger partial charge in [-0.25, -0.2) is 13.4 Å². The van der Waals surface area contributed by atoms with E-state index < -0.39 is 32.2 Å². The molecule has 114 valence electrons. The average molecular weight is 317 g/mol. The molecule has 3 heterocycles. The summed E-state index contributed by atoms with van der Waals surface area (Å²) in [6.07, 6.45) is -0.682. The molecule has 2 unspecified atom stereocenters. The van der Waals surface area contributed by atoms with E-state index in [-0.39, 0.29) is 12.1 Å². The van der Waals surface area contributed by atoms with Crippen LogP contribution in [0.1, 0.15) is 37.1 Å². The molecule has 21 heavy (non-hydrogen) atoms. The summed E-state index contributed by atoms with van der Waals surface area (Å²) in [5.74, 6) is 0. The van der Waals surface area contributed by atoms with E-state index >= 15 is 0 Å². The summed E-state index contributed by atoms with van der Waals surface area (Å²) < 4.78 is 62.4. The third kappa shape index (κ3) is 2.59. The van der Waals surface area contributed by atoms with E-state index in [1.807, 2.05) is 0 Å². The Labute approximate surface area is 120 Å². The van der Waals surface area contributed by atoms with Gasteiger partial charge in [0, 0.05) is 0 Å². The topological polar surface area (TPSA) is 47.0 Å². The SMILES string of the molecule is O=S1(=O)C2C=C(c3cccc(C(F)(F)F)n3)CC1CCC2. The lowest BCUT2D eigenvalue weighted by Crippen LogP contribution is -2.38. The highest BCUT2D eigenvalue weighted by Crippen LogP contribution is 2.39. The molecule has 2 aliphatic rings. The lowest BCUT2D eigenvalue weighted by Gasteiger charge is -2.33. The van der Waals surface area contributed by atoms with Crippen molar-refractivity contribution in [1.29, 1.82) is 0 Å². The normalized spacial score (nSPS) is 28.0. The number of pyridine rings is 1. The Morgan fingerprint density at radius 3 is 2.62 bits per heavy atom. The van der Waals surface area contributed by atoms with Gasteiger partial charge in [-0.3, -0.25) is 0 Å². The van der Waals surface area contributed by atoms with E-state index in [0.29, 0.717) is 18.4 Å². The Morgan fingerprint density at radius 2 is 1.95 bits per heavy atom.